The smallest absolute Gasteiger partial charge is 0.273 e. The van der Waals surface area contributed by atoms with E-state index in [1.165, 1.54) is 6.08 Å². The molecule has 0 aliphatic carbocycles. The van der Waals surface area contributed by atoms with Crippen LogP contribution in [0.4, 0.5) is 0 Å². The van der Waals surface area contributed by atoms with E-state index in [4.69, 9.17) is 4.42 Å². The highest BCUT2D eigenvalue weighted by Gasteiger charge is 2.13. The third-order valence-electron chi connectivity index (χ3n) is 2.90. The van der Waals surface area contributed by atoms with Crippen molar-refractivity contribution in [3.05, 3.63) is 63.5 Å². The van der Waals surface area contributed by atoms with Crippen molar-refractivity contribution in [2.24, 2.45) is 0 Å². The Morgan fingerprint density at radius 2 is 1.91 bits per heavy atom. The molecule has 0 aliphatic heterocycles. The second-order valence-corrected chi connectivity index (χ2v) is 5.48. The van der Waals surface area contributed by atoms with Crippen LogP contribution in [0.15, 0.2) is 45.3 Å². The zero-order valence-corrected chi connectivity index (χ0v) is 13.7. The highest BCUT2D eigenvalue weighted by atomic mass is 79.9. The third kappa shape index (κ3) is 4.08. The van der Waals surface area contributed by atoms with Crippen molar-refractivity contribution in [1.29, 1.82) is 0 Å². The third-order valence-corrected chi connectivity index (χ3v) is 3.63. The van der Waals surface area contributed by atoms with Gasteiger partial charge in [-0.2, -0.15) is 0 Å². The SMILES string of the molecule is Cc1cc(C(=O)NNC(=O)/C=C/c2ccccc2Br)c(C)o1. The van der Waals surface area contributed by atoms with Crippen LogP contribution >= 0.6 is 15.9 Å². The maximum Gasteiger partial charge on any atom is 0.273 e. The number of benzene rings is 1. The Morgan fingerprint density at radius 3 is 2.55 bits per heavy atom. The van der Waals surface area contributed by atoms with E-state index in [1.54, 1.807) is 26.0 Å². The van der Waals surface area contributed by atoms with Crippen LogP contribution in [0.1, 0.15) is 27.4 Å². The Morgan fingerprint density at radius 1 is 1.18 bits per heavy atom. The summed E-state index contributed by atoms with van der Waals surface area (Å²) in [6, 6.07) is 9.12. The lowest BCUT2D eigenvalue weighted by Gasteiger charge is -2.04. The van der Waals surface area contributed by atoms with E-state index in [0.29, 0.717) is 17.1 Å². The molecule has 0 aliphatic rings. The van der Waals surface area contributed by atoms with E-state index in [-0.39, 0.29) is 0 Å². The van der Waals surface area contributed by atoms with E-state index in [1.807, 2.05) is 24.3 Å². The number of amides is 2. The zero-order valence-electron chi connectivity index (χ0n) is 12.1. The Kier molecular flexibility index (Phi) is 5.16. The zero-order chi connectivity index (χ0) is 16.1. The Hall–Kier alpha value is -2.34. The number of hydrogen-bond acceptors (Lipinski definition) is 3. The molecule has 0 bridgehead atoms. The number of carbonyl (C=O) groups is 2. The molecule has 0 saturated heterocycles. The van der Waals surface area contributed by atoms with E-state index in [2.05, 4.69) is 26.8 Å². The number of hydrogen-bond donors (Lipinski definition) is 2. The standard InChI is InChI=1S/C16H15BrN2O3/c1-10-9-13(11(2)22-10)16(21)19-18-15(20)8-7-12-5-3-4-6-14(12)17/h3-9H,1-2H3,(H,18,20)(H,19,21)/b8-7+. The monoisotopic (exact) mass is 362 g/mol. The fourth-order valence-corrected chi connectivity index (χ4v) is 2.28. The number of carbonyl (C=O) groups excluding carboxylic acids is 2. The Bertz CT molecular complexity index is 735. The van der Waals surface area contributed by atoms with Crippen LogP contribution in [0.5, 0.6) is 0 Å². The van der Waals surface area contributed by atoms with Crippen LogP contribution in [-0.4, -0.2) is 11.8 Å². The van der Waals surface area contributed by atoms with Gasteiger partial charge in [0.2, 0.25) is 0 Å². The van der Waals surface area contributed by atoms with E-state index >= 15 is 0 Å². The fraction of sp³-hybridized carbons (Fsp3) is 0.125. The van der Waals surface area contributed by atoms with Crippen LogP contribution in [0.25, 0.3) is 6.08 Å². The molecule has 0 unspecified atom stereocenters. The first-order valence-electron chi connectivity index (χ1n) is 6.57. The average molecular weight is 363 g/mol. The number of nitrogens with one attached hydrogen (secondary N) is 2. The number of halogens is 1. The maximum atomic E-state index is 11.9. The van der Waals surface area contributed by atoms with Crippen LogP contribution in [-0.2, 0) is 4.79 Å². The molecule has 2 amide bonds. The van der Waals surface area contributed by atoms with Crippen molar-refractivity contribution in [2.45, 2.75) is 13.8 Å². The summed E-state index contributed by atoms with van der Waals surface area (Å²) in [4.78, 5) is 23.6. The normalized spacial score (nSPS) is 10.7. The molecule has 1 heterocycles. The first-order chi connectivity index (χ1) is 10.5. The molecule has 6 heteroatoms. The highest BCUT2D eigenvalue weighted by molar-refractivity contribution is 9.10. The van der Waals surface area contributed by atoms with E-state index < -0.39 is 11.8 Å². The van der Waals surface area contributed by atoms with Gasteiger partial charge in [-0.3, -0.25) is 20.4 Å². The molecule has 1 aromatic heterocycles. The van der Waals surface area contributed by atoms with Crippen LogP contribution in [0.3, 0.4) is 0 Å². The van der Waals surface area contributed by atoms with Gasteiger partial charge in [-0.05, 0) is 37.6 Å². The van der Waals surface area contributed by atoms with Gasteiger partial charge in [0.15, 0.2) is 0 Å². The molecule has 1 aromatic carbocycles. The predicted molar refractivity (Wildman–Crippen MR) is 87.0 cm³/mol. The summed E-state index contributed by atoms with van der Waals surface area (Å²) in [5, 5.41) is 0. The van der Waals surface area contributed by atoms with Gasteiger partial charge in [0.05, 0.1) is 5.56 Å². The summed E-state index contributed by atoms with van der Waals surface area (Å²) in [5.41, 5.74) is 5.93. The quantitative estimate of drug-likeness (QED) is 0.650. The Balaban J connectivity index is 1.92. The molecule has 2 N–H and O–H groups in total. The maximum absolute atomic E-state index is 11.9. The minimum atomic E-state index is -0.429. The minimum absolute atomic E-state index is 0.396. The topological polar surface area (TPSA) is 71.3 Å². The van der Waals surface area contributed by atoms with Crippen LogP contribution in [0, 0.1) is 13.8 Å². The second kappa shape index (κ2) is 7.09. The molecule has 0 atom stereocenters. The molecule has 0 spiro atoms. The molecule has 0 radical (unpaired) electrons. The number of hydrazine groups is 1. The number of rotatable bonds is 3. The van der Waals surface area contributed by atoms with Crippen molar-refractivity contribution in [3.63, 3.8) is 0 Å². The minimum Gasteiger partial charge on any atom is -0.466 e. The lowest BCUT2D eigenvalue weighted by Crippen LogP contribution is -2.40. The fourth-order valence-electron chi connectivity index (χ4n) is 1.86. The van der Waals surface area contributed by atoms with E-state index in [9.17, 15) is 9.59 Å². The Labute approximate surface area is 136 Å². The molecule has 5 nitrogen and oxygen atoms in total. The average Bonchev–Trinajstić information content (AvgIpc) is 2.82. The molecule has 22 heavy (non-hydrogen) atoms. The predicted octanol–water partition coefficient (Wildman–Crippen LogP) is 3.13. The summed E-state index contributed by atoms with van der Waals surface area (Å²) in [6.07, 6.45) is 2.99. The summed E-state index contributed by atoms with van der Waals surface area (Å²) >= 11 is 3.39. The van der Waals surface area contributed by atoms with Gasteiger partial charge in [0.25, 0.3) is 11.8 Å². The molecule has 114 valence electrons. The summed E-state index contributed by atoms with van der Waals surface area (Å²) < 4.78 is 6.15. The number of aryl methyl sites for hydroxylation is 2. The second-order valence-electron chi connectivity index (χ2n) is 4.63. The number of furan rings is 1. The van der Waals surface area contributed by atoms with Crippen molar-refractivity contribution < 1.29 is 14.0 Å². The van der Waals surface area contributed by atoms with Gasteiger partial charge >= 0.3 is 0 Å². The summed E-state index contributed by atoms with van der Waals surface area (Å²) in [6.45, 7) is 3.44. The van der Waals surface area contributed by atoms with Gasteiger partial charge < -0.3 is 4.42 Å². The first kappa shape index (κ1) is 16.0. The molecule has 0 fully saturated rings. The van der Waals surface area contributed by atoms with Crippen LogP contribution < -0.4 is 10.9 Å². The van der Waals surface area contributed by atoms with Crippen molar-refractivity contribution in [2.75, 3.05) is 0 Å². The first-order valence-corrected chi connectivity index (χ1v) is 7.36. The largest absolute Gasteiger partial charge is 0.466 e. The molecule has 2 rings (SSSR count). The van der Waals surface area contributed by atoms with Crippen molar-refractivity contribution >= 4 is 33.8 Å². The van der Waals surface area contributed by atoms with Gasteiger partial charge in [-0.15, -0.1) is 0 Å². The lowest BCUT2D eigenvalue weighted by molar-refractivity contribution is -0.117. The molecule has 0 saturated carbocycles. The van der Waals surface area contributed by atoms with E-state index in [0.717, 1.165) is 10.0 Å². The van der Waals surface area contributed by atoms with Crippen molar-refractivity contribution in [3.8, 4) is 0 Å². The van der Waals surface area contributed by atoms with Gasteiger partial charge in [-0.25, -0.2) is 0 Å². The van der Waals surface area contributed by atoms with Gasteiger partial charge in [0.1, 0.15) is 11.5 Å². The molecular formula is C16H15BrN2O3. The van der Waals surface area contributed by atoms with Crippen molar-refractivity contribution in [1.82, 2.24) is 10.9 Å². The summed E-state index contributed by atoms with van der Waals surface area (Å²) in [5.74, 6) is 0.301. The van der Waals surface area contributed by atoms with Gasteiger partial charge in [0, 0.05) is 10.5 Å². The van der Waals surface area contributed by atoms with Gasteiger partial charge in [-0.1, -0.05) is 34.1 Å². The molecule has 2 aromatic rings. The summed E-state index contributed by atoms with van der Waals surface area (Å²) in [7, 11) is 0. The lowest BCUT2D eigenvalue weighted by atomic mass is 10.2. The highest BCUT2D eigenvalue weighted by Crippen LogP contribution is 2.17. The van der Waals surface area contributed by atoms with Crippen LogP contribution in [0.2, 0.25) is 0 Å². The molecular weight excluding hydrogens is 348 g/mol.